The number of carboxylic acid groups (broad SMARTS) is 1. The Hall–Kier alpha value is -2.79. The summed E-state index contributed by atoms with van der Waals surface area (Å²) in [4.78, 5) is 33.2. The van der Waals surface area contributed by atoms with Crippen molar-refractivity contribution in [3.63, 3.8) is 0 Å². The first-order chi connectivity index (χ1) is 11.3. The molecule has 0 aliphatic carbocycles. The van der Waals surface area contributed by atoms with Crippen LogP contribution in [-0.4, -0.2) is 40.2 Å². The monoisotopic (exact) mass is 329 g/mol. The van der Waals surface area contributed by atoms with Crippen LogP contribution in [0, 0.1) is 17.4 Å². The quantitative estimate of drug-likeness (QED) is 0.706. The highest BCUT2D eigenvalue weighted by molar-refractivity contribution is 6.18. The van der Waals surface area contributed by atoms with Crippen molar-refractivity contribution < 1.29 is 19.4 Å². The zero-order valence-electron chi connectivity index (χ0n) is 13.9. The summed E-state index contributed by atoms with van der Waals surface area (Å²) in [6, 6.07) is 1.34. The van der Waals surface area contributed by atoms with E-state index >= 15 is 0 Å². The first-order valence-corrected chi connectivity index (χ1v) is 7.30. The molecule has 2 heterocycles. The van der Waals surface area contributed by atoms with Gasteiger partial charge in [-0.1, -0.05) is 13.8 Å². The van der Waals surface area contributed by atoms with Gasteiger partial charge in [0.25, 0.3) is 5.91 Å². The van der Waals surface area contributed by atoms with Gasteiger partial charge in [-0.05, 0) is 24.5 Å². The van der Waals surface area contributed by atoms with E-state index in [0.29, 0.717) is 5.56 Å². The molecule has 0 fully saturated rings. The summed E-state index contributed by atoms with van der Waals surface area (Å²) in [7, 11) is 1.47. The summed E-state index contributed by atoms with van der Waals surface area (Å²) in [6.07, 6.45) is 3.17. The molecule has 0 saturated carbocycles. The number of rotatable bonds is 5. The average Bonchev–Trinajstić information content (AvgIpc) is 2.80. The van der Waals surface area contributed by atoms with Gasteiger partial charge in [0.05, 0.1) is 12.6 Å². The van der Waals surface area contributed by atoms with Gasteiger partial charge in [-0.15, -0.1) is 0 Å². The van der Waals surface area contributed by atoms with E-state index < -0.39 is 17.4 Å². The van der Waals surface area contributed by atoms with E-state index in [2.05, 4.69) is 9.98 Å². The molecule has 0 radical (unpaired) electrons. The normalized spacial score (nSPS) is 20.2. The van der Waals surface area contributed by atoms with Gasteiger partial charge in [-0.3, -0.25) is 9.78 Å². The molecule has 1 unspecified atom stereocenters. The molecule has 1 aromatic heterocycles. The van der Waals surface area contributed by atoms with Gasteiger partial charge < -0.3 is 14.6 Å². The number of hydrogen-bond donors (Lipinski definition) is 0. The summed E-state index contributed by atoms with van der Waals surface area (Å²) < 4.78 is 4.95. The molecule has 24 heavy (non-hydrogen) atoms. The van der Waals surface area contributed by atoms with Crippen molar-refractivity contribution in [2.24, 2.45) is 10.9 Å². The Morgan fingerprint density at radius 2 is 2.21 bits per heavy atom. The number of ether oxygens (including phenoxy) is 1. The van der Waals surface area contributed by atoms with E-state index in [4.69, 9.17) is 4.74 Å². The molecule has 2 rings (SSSR count). The van der Waals surface area contributed by atoms with Gasteiger partial charge in [-0.2, -0.15) is 10.2 Å². The van der Waals surface area contributed by atoms with Gasteiger partial charge in [-0.25, -0.2) is 4.99 Å². The van der Waals surface area contributed by atoms with Crippen LogP contribution in [0.2, 0.25) is 0 Å². The van der Waals surface area contributed by atoms with Crippen LogP contribution in [0.5, 0.6) is 0 Å². The van der Waals surface area contributed by atoms with E-state index in [0.717, 1.165) is 4.90 Å². The number of amides is 1. The highest BCUT2D eigenvalue weighted by atomic mass is 16.5. The molecule has 0 spiro atoms. The predicted octanol–water partition coefficient (Wildman–Crippen LogP) is 0.0761. The summed E-state index contributed by atoms with van der Waals surface area (Å²) in [5.74, 6) is -2.25. The molecule has 1 atom stereocenters. The number of aromatic nitrogens is 1. The second kappa shape index (κ2) is 6.37. The van der Waals surface area contributed by atoms with Crippen molar-refractivity contribution in [2.75, 3.05) is 7.11 Å². The Kier molecular flexibility index (Phi) is 4.66. The molecular formula is C16H17N4O4-. The van der Waals surface area contributed by atoms with Crippen molar-refractivity contribution >= 4 is 17.7 Å². The Morgan fingerprint density at radius 3 is 2.71 bits per heavy atom. The molecule has 0 aromatic carbocycles. The molecule has 0 bridgehead atoms. The number of methoxy groups -OCH3 is 1. The predicted molar refractivity (Wildman–Crippen MR) is 81.5 cm³/mol. The number of carbonyl (C=O) groups is 2. The Morgan fingerprint density at radius 1 is 1.54 bits per heavy atom. The first-order valence-electron chi connectivity index (χ1n) is 7.30. The third-order valence-electron chi connectivity index (χ3n) is 4.10. The minimum Gasteiger partial charge on any atom is -0.545 e. The number of aliphatic imine (C=N–C) groups is 1. The summed E-state index contributed by atoms with van der Waals surface area (Å²) in [6.45, 7) is 5.38. The fourth-order valence-corrected chi connectivity index (χ4v) is 2.36. The number of amidine groups is 1. The van der Waals surface area contributed by atoms with Crippen molar-refractivity contribution in [1.82, 2.24) is 9.88 Å². The van der Waals surface area contributed by atoms with Gasteiger partial charge in [0.1, 0.15) is 11.2 Å². The fraction of sp³-hybridized carbons (Fsp3) is 0.438. The lowest BCUT2D eigenvalue weighted by Gasteiger charge is -2.22. The van der Waals surface area contributed by atoms with E-state index in [1.54, 1.807) is 27.0 Å². The third kappa shape index (κ3) is 2.74. The van der Waals surface area contributed by atoms with E-state index in [1.165, 1.54) is 19.4 Å². The summed E-state index contributed by atoms with van der Waals surface area (Å²) in [5, 5.41) is 20.8. The Bertz CT molecular complexity index is 766. The number of aromatic carboxylic acids is 1. The minimum absolute atomic E-state index is 0.0749. The highest BCUT2D eigenvalue weighted by Crippen LogP contribution is 2.32. The number of pyridine rings is 1. The van der Waals surface area contributed by atoms with Crippen LogP contribution in [0.3, 0.4) is 0 Å². The van der Waals surface area contributed by atoms with Gasteiger partial charge in [0, 0.05) is 18.9 Å². The zero-order valence-corrected chi connectivity index (χ0v) is 13.9. The number of nitrogens with zero attached hydrogens (tertiary/aromatic N) is 4. The van der Waals surface area contributed by atoms with Crippen molar-refractivity contribution in [1.29, 1.82) is 5.26 Å². The van der Waals surface area contributed by atoms with Crippen molar-refractivity contribution in [3.8, 4) is 6.19 Å². The standard InChI is InChI=1S/C16H18N4O4/c1-9(2)16(3)15(23)20(8-17)13(19-16)12-11(14(21)22)5-10(6-18-12)7-24-4/h5-6,9H,7H2,1-4H3,(H,21,22)/p-1. The molecule has 0 N–H and O–H groups in total. The average molecular weight is 329 g/mol. The molecule has 8 nitrogen and oxygen atoms in total. The van der Waals surface area contributed by atoms with Crippen LogP contribution in [0.25, 0.3) is 0 Å². The molecule has 126 valence electrons. The van der Waals surface area contributed by atoms with Crippen LogP contribution in [0.4, 0.5) is 0 Å². The maximum absolute atomic E-state index is 12.5. The molecule has 8 heteroatoms. The van der Waals surface area contributed by atoms with Crippen LogP contribution in [0.15, 0.2) is 17.3 Å². The van der Waals surface area contributed by atoms with Crippen LogP contribution >= 0.6 is 0 Å². The minimum atomic E-state index is -1.47. The maximum Gasteiger partial charge on any atom is 0.269 e. The Balaban J connectivity index is 2.64. The third-order valence-corrected chi connectivity index (χ3v) is 4.10. The van der Waals surface area contributed by atoms with E-state index in [-0.39, 0.29) is 29.6 Å². The topological polar surface area (TPSA) is 119 Å². The smallest absolute Gasteiger partial charge is 0.269 e. The second-order valence-electron chi connectivity index (χ2n) is 5.94. The van der Waals surface area contributed by atoms with Crippen molar-refractivity contribution in [3.05, 3.63) is 29.1 Å². The first kappa shape index (κ1) is 17.6. The number of carboxylic acids is 1. The van der Waals surface area contributed by atoms with Crippen LogP contribution in [-0.2, 0) is 16.1 Å². The van der Waals surface area contributed by atoms with Gasteiger partial charge in [0.2, 0.25) is 0 Å². The van der Waals surface area contributed by atoms with Crippen molar-refractivity contribution in [2.45, 2.75) is 32.9 Å². The van der Waals surface area contributed by atoms with Gasteiger partial charge in [0.15, 0.2) is 12.0 Å². The zero-order chi connectivity index (χ0) is 18.1. The maximum atomic E-state index is 12.5. The molecule has 1 aliphatic rings. The van der Waals surface area contributed by atoms with Crippen LogP contribution in [0.1, 0.15) is 42.4 Å². The number of carbonyl (C=O) groups excluding carboxylic acids is 2. The van der Waals surface area contributed by atoms with E-state index in [1.807, 2.05) is 0 Å². The summed E-state index contributed by atoms with van der Waals surface area (Å²) in [5.41, 5.74) is -0.944. The van der Waals surface area contributed by atoms with Crippen LogP contribution < -0.4 is 5.11 Å². The highest BCUT2D eigenvalue weighted by Gasteiger charge is 2.48. The van der Waals surface area contributed by atoms with Gasteiger partial charge >= 0.3 is 0 Å². The molecule has 1 aromatic rings. The Labute approximate surface area is 139 Å². The SMILES string of the molecule is COCc1cnc(C2=NC(C)(C(C)C)C(=O)N2C#N)c(C(=O)[O-])c1. The lowest BCUT2D eigenvalue weighted by molar-refractivity contribution is -0.255. The fourth-order valence-electron chi connectivity index (χ4n) is 2.36. The second-order valence-corrected chi connectivity index (χ2v) is 5.94. The molecular weight excluding hydrogens is 312 g/mol. The lowest BCUT2D eigenvalue weighted by Crippen LogP contribution is -2.42. The number of hydrogen-bond acceptors (Lipinski definition) is 7. The lowest BCUT2D eigenvalue weighted by atomic mass is 9.89. The summed E-state index contributed by atoms with van der Waals surface area (Å²) >= 11 is 0. The molecule has 1 amide bonds. The molecule has 1 aliphatic heterocycles. The molecule has 0 saturated heterocycles. The number of nitriles is 1. The van der Waals surface area contributed by atoms with E-state index in [9.17, 15) is 20.0 Å². The largest absolute Gasteiger partial charge is 0.545 e.